The van der Waals surface area contributed by atoms with Crippen molar-refractivity contribution in [3.63, 3.8) is 0 Å². The Morgan fingerprint density at radius 1 is 1.35 bits per heavy atom. The lowest BCUT2D eigenvalue weighted by atomic mass is 10.1. The van der Waals surface area contributed by atoms with Crippen LogP contribution in [0, 0.1) is 0 Å². The van der Waals surface area contributed by atoms with Crippen LogP contribution in [0.4, 0.5) is 0 Å². The van der Waals surface area contributed by atoms with Crippen molar-refractivity contribution < 1.29 is 19.4 Å². The van der Waals surface area contributed by atoms with Gasteiger partial charge in [0.2, 0.25) is 6.79 Å². The molecule has 0 fully saturated rings. The summed E-state index contributed by atoms with van der Waals surface area (Å²) in [6.45, 7) is 2.23. The lowest BCUT2D eigenvalue weighted by molar-refractivity contribution is -0.131. The number of ether oxygens (including phenoxy) is 2. The van der Waals surface area contributed by atoms with Crippen LogP contribution in [0.5, 0.6) is 11.5 Å². The molecule has 23 heavy (non-hydrogen) atoms. The molecule has 1 aromatic carbocycles. The first-order valence-electron chi connectivity index (χ1n) is 7.13. The fourth-order valence-electron chi connectivity index (χ4n) is 1.88. The molecule has 1 aliphatic rings. The number of rotatable bonds is 4. The number of aromatic amines is 1. The summed E-state index contributed by atoms with van der Waals surface area (Å²) in [6, 6.07) is 5.65. The van der Waals surface area contributed by atoms with Crippen molar-refractivity contribution in [1.82, 2.24) is 9.97 Å². The number of H-pyrrole nitrogens is 1. The third-order valence-corrected chi connectivity index (χ3v) is 3.00. The van der Waals surface area contributed by atoms with E-state index in [1.165, 1.54) is 0 Å². The van der Waals surface area contributed by atoms with Gasteiger partial charge in [-0.15, -0.1) is 0 Å². The standard InChI is InChI=1S/C14H14O4.C3H4N2/c1-2-10(4-6-14(15)16)7-11-3-5-12-13(8-11)18-9-17-12;1-2-5-3-4-1/h3-8H,2,9H2,1H3,(H,15,16);1-3H,(H,4,5)/b6-4+,10-7+;. The van der Waals surface area contributed by atoms with E-state index in [1.54, 1.807) is 24.8 Å². The molecule has 0 aliphatic carbocycles. The Hall–Kier alpha value is -3.02. The van der Waals surface area contributed by atoms with Gasteiger partial charge < -0.3 is 19.6 Å². The molecule has 2 heterocycles. The van der Waals surface area contributed by atoms with Gasteiger partial charge in [0, 0.05) is 18.5 Å². The number of carbonyl (C=O) groups is 1. The summed E-state index contributed by atoms with van der Waals surface area (Å²) >= 11 is 0. The van der Waals surface area contributed by atoms with Crippen LogP contribution < -0.4 is 9.47 Å². The Morgan fingerprint density at radius 3 is 2.78 bits per heavy atom. The topological polar surface area (TPSA) is 84.4 Å². The number of fused-ring (bicyclic) bond motifs is 1. The number of aliphatic carboxylic acids is 1. The molecule has 6 nitrogen and oxygen atoms in total. The molecule has 0 spiro atoms. The zero-order valence-corrected chi connectivity index (χ0v) is 12.7. The maximum atomic E-state index is 10.5. The second-order valence-electron chi connectivity index (χ2n) is 4.62. The summed E-state index contributed by atoms with van der Waals surface area (Å²) in [7, 11) is 0. The van der Waals surface area contributed by atoms with Gasteiger partial charge in [-0.05, 0) is 29.7 Å². The van der Waals surface area contributed by atoms with Gasteiger partial charge in [-0.2, -0.15) is 0 Å². The third kappa shape index (κ3) is 5.35. The lowest BCUT2D eigenvalue weighted by Gasteiger charge is -2.00. The summed E-state index contributed by atoms with van der Waals surface area (Å²) in [5.41, 5.74) is 1.91. The average Bonchev–Trinajstić information content (AvgIpc) is 3.24. The highest BCUT2D eigenvalue weighted by Crippen LogP contribution is 2.33. The van der Waals surface area contributed by atoms with Crippen molar-refractivity contribution in [1.29, 1.82) is 0 Å². The van der Waals surface area contributed by atoms with Gasteiger partial charge in [-0.1, -0.05) is 25.1 Å². The summed E-state index contributed by atoms with van der Waals surface area (Å²) < 4.78 is 10.5. The van der Waals surface area contributed by atoms with E-state index >= 15 is 0 Å². The number of carboxylic acids is 1. The highest BCUT2D eigenvalue weighted by atomic mass is 16.7. The molecule has 0 saturated heterocycles. The molecule has 0 unspecified atom stereocenters. The van der Waals surface area contributed by atoms with Crippen molar-refractivity contribution in [2.24, 2.45) is 0 Å². The summed E-state index contributed by atoms with van der Waals surface area (Å²) in [4.78, 5) is 16.9. The van der Waals surface area contributed by atoms with Gasteiger partial charge in [0.25, 0.3) is 0 Å². The van der Waals surface area contributed by atoms with Crippen molar-refractivity contribution in [3.05, 3.63) is 60.2 Å². The molecule has 3 rings (SSSR count). The van der Waals surface area contributed by atoms with Gasteiger partial charge in [0.1, 0.15) is 0 Å². The molecule has 2 N–H and O–H groups in total. The number of carboxylic acid groups (broad SMARTS) is 1. The van der Waals surface area contributed by atoms with Crippen LogP contribution in [0.2, 0.25) is 0 Å². The molecule has 0 amide bonds. The minimum Gasteiger partial charge on any atom is -0.478 e. The number of benzene rings is 1. The van der Waals surface area contributed by atoms with Crippen molar-refractivity contribution >= 4 is 12.0 Å². The second-order valence-corrected chi connectivity index (χ2v) is 4.62. The van der Waals surface area contributed by atoms with Gasteiger partial charge in [-0.3, -0.25) is 0 Å². The van der Waals surface area contributed by atoms with Gasteiger partial charge in [0.05, 0.1) is 6.33 Å². The number of nitrogens with one attached hydrogen (secondary N) is 1. The predicted octanol–water partition coefficient (Wildman–Crippen LogP) is 3.26. The quantitative estimate of drug-likeness (QED) is 0.668. The minimum absolute atomic E-state index is 0.252. The number of aromatic nitrogens is 2. The van der Waals surface area contributed by atoms with E-state index in [0.29, 0.717) is 0 Å². The first kappa shape index (κ1) is 16.4. The molecular weight excluding hydrogens is 296 g/mol. The van der Waals surface area contributed by atoms with E-state index in [-0.39, 0.29) is 6.79 Å². The lowest BCUT2D eigenvalue weighted by Crippen LogP contribution is -1.92. The van der Waals surface area contributed by atoms with Crippen LogP contribution in [0.25, 0.3) is 6.08 Å². The van der Waals surface area contributed by atoms with Crippen molar-refractivity contribution in [2.75, 3.05) is 6.79 Å². The van der Waals surface area contributed by atoms with Crippen LogP contribution in [0.3, 0.4) is 0 Å². The van der Waals surface area contributed by atoms with Crippen LogP contribution in [0.1, 0.15) is 18.9 Å². The maximum Gasteiger partial charge on any atom is 0.328 e. The predicted molar refractivity (Wildman–Crippen MR) is 86.2 cm³/mol. The zero-order chi connectivity index (χ0) is 16.5. The van der Waals surface area contributed by atoms with Gasteiger partial charge >= 0.3 is 5.97 Å². The SMILES string of the molecule is CCC(/C=C/C(=O)O)=C\c1ccc2c(c1)OCO2.c1c[nH]cn1. The molecule has 0 saturated carbocycles. The minimum atomic E-state index is -0.944. The normalized spacial score (nSPS) is 12.8. The summed E-state index contributed by atoms with van der Waals surface area (Å²) in [5.74, 6) is 0.521. The Kier molecular flexibility index (Phi) is 5.99. The number of hydrogen-bond acceptors (Lipinski definition) is 4. The Labute approximate surface area is 134 Å². The van der Waals surface area contributed by atoms with E-state index < -0.39 is 5.97 Å². The van der Waals surface area contributed by atoms with Crippen molar-refractivity contribution in [2.45, 2.75) is 13.3 Å². The number of imidazole rings is 1. The van der Waals surface area contributed by atoms with Gasteiger partial charge in [0.15, 0.2) is 11.5 Å². The highest BCUT2D eigenvalue weighted by Gasteiger charge is 2.12. The Balaban J connectivity index is 0.000000326. The van der Waals surface area contributed by atoms with Gasteiger partial charge in [-0.25, -0.2) is 9.78 Å². The molecule has 1 aromatic heterocycles. The molecule has 6 heteroatoms. The fourth-order valence-corrected chi connectivity index (χ4v) is 1.88. The first-order chi connectivity index (χ1) is 11.2. The van der Waals surface area contributed by atoms with E-state index in [9.17, 15) is 4.79 Å². The number of hydrogen-bond donors (Lipinski definition) is 2. The molecular formula is C17H18N2O4. The molecule has 120 valence electrons. The number of allylic oxidation sites excluding steroid dienone is 2. The van der Waals surface area contributed by atoms with Crippen LogP contribution in [0.15, 0.2) is 54.6 Å². The van der Waals surface area contributed by atoms with E-state index in [1.807, 2.05) is 31.2 Å². The average molecular weight is 314 g/mol. The van der Waals surface area contributed by atoms with E-state index in [2.05, 4.69) is 9.97 Å². The molecule has 2 aromatic rings. The molecule has 0 radical (unpaired) electrons. The molecule has 1 aliphatic heterocycles. The highest BCUT2D eigenvalue weighted by molar-refractivity contribution is 5.80. The largest absolute Gasteiger partial charge is 0.478 e. The molecule has 0 atom stereocenters. The maximum absolute atomic E-state index is 10.5. The fraction of sp³-hybridized carbons (Fsp3) is 0.176. The second kappa shape index (κ2) is 8.43. The summed E-state index contributed by atoms with van der Waals surface area (Å²) in [6.07, 6.45) is 10.5. The molecule has 0 bridgehead atoms. The Bertz CT molecular complexity index is 673. The van der Waals surface area contributed by atoms with E-state index in [0.717, 1.165) is 35.1 Å². The van der Waals surface area contributed by atoms with E-state index in [4.69, 9.17) is 14.6 Å². The Morgan fingerprint density at radius 2 is 2.17 bits per heavy atom. The van der Waals surface area contributed by atoms with Crippen LogP contribution in [-0.4, -0.2) is 27.8 Å². The smallest absolute Gasteiger partial charge is 0.328 e. The number of nitrogens with zero attached hydrogens (tertiary/aromatic N) is 1. The van der Waals surface area contributed by atoms with Crippen LogP contribution >= 0.6 is 0 Å². The zero-order valence-electron chi connectivity index (χ0n) is 12.7. The first-order valence-corrected chi connectivity index (χ1v) is 7.13. The van der Waals surface area contributed by atoms with Crippen LogP contribution in [-0.2, 0) is 4.79 Å². The summed E-state index contributed by atoms with van der Waals surface area (Å²) in [5, 5.41) is 8.60. The third-order valence-electron chi connectivity index (χ3n) is 3.00. The monoisotopic (exact) mass is 314 g/mol. The van der Waals surface area contributed by atoms with Crippen molar-refractivity contribution in [3.8, 4) is 11.5 Å².